The highest BCUT2D eigenvalue weighted by atomic mass is 32.2. The topological polar surface area (TPSA) is 65.2 Å². The van der Waals surface area contributed by atoms with E-state index in [-0.39, 0.29) is 0 Å². The molecule has 1 heterocycles. The number of ether oxygens (including phenoxy) is 1. The highest BCUT2D eigenvalue weighted by Gasteiger charge is 2.11. The minimum Gasteiger partial charge on any atom is -0.497 e. The molecule has 0 bridgehead atoms. The fourth-order valence-electron chi connectivity index (χ4n) is 1.36. The third kappa shape index (κ3) is 2.83. The molecular formula is C11H12N2O2S2. The average molecular weight is 268 g/mol. The van der Waals surface area contributed by atoms with Crippen molar-refractivity contribution in [3.63, 3.8) is 0 Å². The lowest BCUT2D eigenvalue weighted by Gasteiger charge is -2.07. The SMILES string of the molecule is COc1ccc(N)c(S(=O)Cc2cncs2)c1. The van der Waals surface area contributed by atoms with Gasteiger partial charge in [-0.25, -0.2) is 0 Å². The summed E-state index contributed by atoms with van der Waals surface area (Å²) in [6, 6.07) is 5.17. The van der Waals surface area contributed by atoms with Gasteiger partial charge >= 0.3 is 0 Å². The molecule has 0 saturated heterocycles. The molecule has 4 nitrogen and oxygen atoms in total. The quantitative estimate of drug-likeness (QED) is 0.862. The van der Waals surface area contributed by atoms with Gasteiger partial charge in [0.25, 0.3) is 0 Å². The summed E-state index contributed by atoms with van der Waals surface area (Å²) in [5.41, 5.74) is 8.06. The molecule has 1 aromatic heterocycles. The second-order valence-corrected chi connectivity index (χ2v) is 5.75. The molecule has 2 aromatic rings. The summed E-state index contributed by atoms with van der Waals surface area (Å²) in [6.07, 6.45) is 1.72. The fraction of sp³-hybridized carbons (Fsp3) is 0.182. The van der Waals surface area contributed by atoms with Crippen molar-refractivity contribution in [1.29, 1.82) is 0 Å². The van der Waals surface area contributed by atoms with Crippen LogP contribution in [0.4, 0.5) is 5.69 Å². The summed E-state index contributed by atoms with van der Waals surface area (Å²) in [7, 11) is 0.400. The second-order valence-electron chi connectivity index (χ2n) is 3.36. The molecule has 17 heavy (non-hydrogen) atoms. The van der Waals surface area contributed by atoms with Crippen LogP contribution in [0.25, 0.3) is 0 Å². The highest BCUT2D eigenvalue weighted by molar-refractivity contribution is 7.84. The minimum atomic E-state index is -1.17. The highest BCUT2D eigenvalue weighted by Crippen LogP contribution is 2.25. The molecular weight excluding hydrogens is 256 g/mol. The molecule has 0 aliphatic heterocycles. The summed E-state index contributed by atoms with van der Waals surface area (Å²) in [5.74, 6) is 1.09. The van der Waals surface area contributed by atoms with Crippen LogP contribution in [0.1, 0.15) is 4.88 Å². The molecule has 1 aromatic carbocycles. The van der Waals surface area contributed by atoms with Gasteiger partial charge in [0, 0.05) is 16.8 Å². The molecule has 0 amide bonds. The standard InChI is InChI=1S/C11H12N2O2S2/c1-15-8-2-3-10(12)11(4-8)17(14)6-9-5-13-7-16-9/h2-5,7H,6,12H2,1H3. The summed E-state index contributed by atoms with van der Waals surface area (Å²) in [6.45, 7) is 0. The number of aromatic nitrogens is 1. The molecule has 0 saturated carbocycles. The summed E-state index contributed by atoms with van der Waals surface area (Å²) < 4.78 is 17.3. The number of nitrogen functional groups attached to an aromatic ring is 1. The molecule has 2 rings (SSSR count). The molecule has 90 valence electrons. The largest absolute Gasteiger partial charge is 0.497 e. The average Bonchev–Trinajstić information content (AvgIpc) is 2.82. The van der Waals surface area contributed by atoms with Crippen molar-refractivity contribution >= 4 is 27.8 Å². The number of rotatable bonds is 4. The van der Waals surface area contributed by atoms with Gasteiger partial charge in [-0.1, -0.05) is 0 Å². The van der Waals surface area contributed by atoms with E-state index in [1.807, 2.05) is 0 Å². The van der Waals surface area contributed by atoms with E-state index in [1.165, 1.54) is 11.3 Å². The number of nitrogens with two attached hydrogens (primary N) is 1. The number of methoxy groups -OCH3 is 1. The third-order valence-corrected chi connectivity index (χ3v) is 4.60. The maximum atomic E-state index is 12.2. The Morgan fingerprint density at radius 1 is 1.53 bits per heavy atom. The van der Waals surface area contributed by atoms with Gasteiger partial charge in [0.1, 0.15) is 5.75 Å². The van der Waals surface area contributed by atoms with Crippen LogP contribution in [-0.2, 0) is 16.6 Å². The lowest BCUT2D eigenvalue weighted by Crippen LogP contribution is -2.00. The zero-order valence-electron chi connectivity index (χ0n) is 9.25. The number of hydrogen-bond acceptors (Lipinski definition) is 5. The maximum Gasteiger partial charge on any atom is 0.120 e. The Kier molecular flexibility index (Phi) is 3.75. The second kappa shape index (κ2) is 5.29. The molecule has 6 heteroatoms. The Morgan fingerprint density at radius 3 is 3.00 bits per heavy atom. The van der Waals surface area contributed by atoms with Crippen LogP contribution in [0.5, 0.6) is 5.75 Å². The van der Waals surface area contributed by atoms with Gasteiger partial charge in [0.15, 0.2) is 0 Å². The van der Waals surface area contributed by atoms with Crippen molar-refractivity contribution in [1.82, 2.24) is 4.98 Å². The minimum absolute atomic E-state index is 0.433. The summed E-state index contributed by atoms with van der Waals surface area (Å²) in [5, 5.41) is 0. The fourth-order valence-corrected chi connectivity index (χ4v) is 3.40. The molecule has 1 unspecified atom stereocenters. The van der Waals surface area contributed by atoms with Crippen molar-refractivity contribution in [3.05, 3.63) is 34.8 Å². The van der Waals surface area contributed by atoms with Gasteiger partial charge in [0.2, 0.25) is 0 Å². The van der Waals surface area contributed by atoms with Gasteiger partial charge in [-0.2, -0.15) is 0 Å². The summed E-state index contributed by atoms with van der Waals surface area (Å²) >= 11 is 1.49. The number of benzene rings is 1. The third-order valence-electron chi connectivity index (χ3n) is 2.22. The first kappa shape index (κ1) is 12.1. The zero-order chi connectivity index (χ0) is 12.3. The lowest BCUT2D eigenvalue weighted by molar-refractivity contribution is 0.413. The van der Waals surface area contributed by atoms with Crippen molar-refractivity contribution in [2.24, 2.45) is 0 Å². The smallest absolute Gasteiger partial charge is 0.120 e. The first-order valence-corrected chi connectivity index (χ1v) is 7.10. The van der Waals surface area contributed by atoms with E-state index in [2.05, 4.69) is 4.98 Å². The van der Waals surface area contributed by atoms with Crippen LogP contribution in [-0.4, -0.2) is 16.3 Å². The van der Waals surface area contributed by atoms with E-state index in [0.29, 0.717) is 22.1 Å². The Morgan fingerprint density at radius 2 is 2.35 bits per heavy atom. The molecule has 1 atom stereocenters. The van der Waals surface area contributed by atoms with Crippen LogP contribution in [0.2, 0.25) is 0 Å². The normalized spacial score (nSPS) is 12.3. The molecule has 0 radical (unpaired) electrons. The van der Waals surface area contributed by atoms with Gasteiger partial charge < -0.3 is 10.5 Å². The first-order chi connectivity index (χ1) is 8.20. The van der Waals surface area contributed by atoms with Gasteiger partial charge in [-0.3, -0.25) is 9.19 Å². The Labute approximate surface area is 106 Å². The van der Waals surface area contributed by atoms with Crippen LogP contribution in [0.3, 0.4) is 0 Å². The van der Waals surface area contributed by atoms with Crippen LogP contribution < -0.4 is 10.5 Å². The number of nitrogens with zero attached hydrogens (tertiary/aromatic N) is 1. The van der Waals surface area contributed by atoms with E-state index in [1.54, 1.807) is 37.0 Å². The molecule has 0 fully saturated rings. The number of hydrogen-bond donors (Lipinski definition) is 1. The molecule has 0 spiro atoms. The molecule has 0 aliphatic carbocycles. The van der Waals surface area contributed by atoms with Crippen molar-refractivity contribution in [2.75, 3.05) is 12.8 Å². The summed E-state index contributed by atoms with van der Waals surface area (Å²) in [4.78, 5) is 5.54. The predicted octanol–water partition coefficient (Wildman–Crippen LogP) is 2.04. The number of anilines is 1. The van der Waals surface area contributed by atoms with Crippen molar-refractivity contribution in [3.8, 4) is 5.75 Å². The molecule has 2 N–H and O–H groups in total. The first-order valence-electron chi connectivity index (χ1n) is 4.90. The van der Waals surface area contributed by atoms with Crippen molar-refractivity contribution < 1.29 is 8.95 Å². The van der Waals surface area contributed by atoms with E-state index in [4.69, 9.17) is 10.5 Å². The van der Waals surface area contributed by atoms with E-state index < -0.39 is 10.8 Å². The monoisotopic (exact) mass is 268 g/mol. The van der Waals surface area contributed by atoms with Crippen LogP contribution >= 0.6 is 11.3 Å². The van der Waals surface area contributed by atoms with E-state index in [0.717, 1.165) is 4.88 Å². The van der Waals surface area contributed by atoms with Crippen LogP contribution in [0, 0.1) is 0 Å². The van der Waals surface area contributed by atoms with E-state index >= 15 is 0 Å². The Balaban J connectivity index is 2.24. The van der Waals surface area contributed by atoms with Gasteiger partial charge in [-0.15, -0.1) is 11.3 Å². The lowest BCUT2D eigenvalue weighted by atomic mass is 10.3. The number of thiazole rings is 1. The zero-order valence-corrected chi connectivity index (χ0v) is 10.9. The maximum absolute atomic E-state index is 12.2. The Bertz CT molecular complexity index is 526. The van der Waals surface area contributed by atoms with Crippen LogP contribution in [0.15, 0.2) is 34.8 Å². The molecule has 0 aliphatic rings. The van der Waals surface area contributed by atoms with E-state index in [9.17, 15) is 4.21 Å². The predicted molar refractivity (Wildman–Crippen MR) is 69.6 cm³/mol. The van der Waals surface area contributed by atoms with Gasteiger partial charge in [0.05, 0.1) is 34.1 Å². The Hall–Kier alpha value is -1.40. The van der Waals surface area contributed by atoms with Crippen molar-refractivity contribution in [2.45, 2.75) is 10.6 Å². The van der Waals surface area contributed by atoms with Gasteiger partial charge in [-0.05, 0) is 18.2 Å².